The number of nitrogens with zero attached hydrogens (tertiary/aromatic N) is 1. The van der Waals surface area contributed by atoms with Gasteiger partial charge >= 0.3 is 6.03 Å². The first-order chi connectivity index (χ1) is 9.49. The number of carbonyl (C=O) groups is 3. The molecule has 20 heavy (non-hydrogen) atoms. The zero-order valence-corrected chi connectivity index (χ0v) is 12.8. The molecule has 1 saturated heterocycles. The number of hydrogen-bond donors (Lipinski definition) is 1. The highest BCUT2D eigenvalue weighted by Gasteiger charge is 2.41. The first-order valence-corrected chi connectivity index (χ1v) is 7.65. The summed E-state index contributed by atoms with van der Waals surface area (Å²) < 4.78 is 0. The van der Waals surface area contributed by atoms with E-state index in [2.05, 4.69) is 12.2 Å². The van der Waals surface area contributed by atoms with Crippen molar-refractivity contribution >= 4 is 17.8 Å². The highest BCUT2D eigenvalue weighted by Crippen LogP contribution is 2.19. The van der Waals surface area contributed by atoms with Crippen LogP contribution in [-0.2, 0) is 9.59 Å². The third kappa shape index (κ3) is 4.32. The fourth-order valence-electron chi connectivity index (χ4n) is 2.48. The van der Waals surface area contributed by atoms with Crippen LogP contribution >= 0.6 is 0 Å². The highest BCUT2D eigenvalue weighted by atomic mass is 16.2. The van der Waals surface area contributed by atoms with E-state index in [1.165, 1.54) is 24.2 Å². The molecule has 0 spiro atoms. The van der Waals surface area contributed by atoms with Gasteiger partial charge in [0, 0.05) is 6.54 Å². The Balaban J connectivity index is 2.45. The van der Waals surface area contributed by atoms with E-state index in [-0.39, 0.29) is 11.8 Å². The zero-order chi connectivity index (χ0) is 15.1. The van der Waals surface area contributed by atoms with Gasteiger partial charge in [-0.05, 0) is 12.3 Å². The van der Waals surface area contributed by atoms with E-state index in [1.54, 1.807) is 0 Å². The second-order valence-corrected chi connectivity index (χ2v) is 5.77. The van der Waals surface area contributed by atoms with Gasteiger partial charge in [-0.2, -0.15) is 0 Å². The lowest BCUT2D eigenvalue weighted by Crippen LogP contribution is -2.59. The van der Waals surface area contributed by atoms with E-state index in [0.717, 1.165) is 19.3 Å². The van der Waals surface area contributed by atoms with Crippen molar-refractivity contribution in [2.45, 2.75) is 59.3 Å². The van der Waals surface area contributed by atoms with Crippen molar-refractivity contribution in [3.05, 3.63) is 0 Å². The van der Waals surface area contributed by atoms with Crippen molar-refractivity contribution < 1.29 is 14.4 Å². The number of imide groups is 2. The van der Waals surface area contributed by atoms with E-state index in [4.69, 9.17) is 0 Å². The number of barbiturate groups is 1. The van der Waals surface area contributed by atoms with Crippen LogP contribution in [0.4, 0.5) is 4.79 Å². The van der Waals surface area contributed by atoms with Gasteiger partial charge in [0.25, 0.3) is 0 Å². The van der Waals surface area contributed by atoms with E-state index < -0.39 is 17.9 Å². The van der Waals surface area contributed by atoms with E-state index in [1.807, 2.05) is 13.8 Å². The van der Waals surface area contributed by atoms with E-state index in [0.29, 0.717) is 6.54 Å². The Morgan fingerprint density at radius 2 is 1.65 bits per heavy atom. The molecule has 1 aliphatic rings. The third-order valence-corrected chi connectivity index (χ3v) is 3.69. The molecule has 0 aromatic rings. The van der Waals surface area contributed by atoms with Crippen molar-refractivity contribution in [1.82, 2.24) is 10.2 Å². The number of hydrogen-bond acceptors (Lipinski definition) is 3. The van der Waals surface area contributed by atoms with Crippen LogP contribution in [0.1, 0.15) is 59.3 Å². The van der Waals surface area contributed by atoms with Gasteiger partial charge < -0.3 is 0 Å². The number of rotatable bonds is 8. The number of unbranched alkanes of at least 4 members (excludes halogenated alkanes) is 5. The smallest absolute Gasteiger partial charge is 0.277 e. The van der Waals surface area contributed by atoms with Crippen LogP contribution in [0.2, 0.25) is 0 Å². The molecule has 1 rings (SSSR count). The summed E-state index contributed by atoms with van der Waals surface area (Å²) in [7, 11) is 0. The molecule has 1 unspecified atom stereocenters. The molecule has 114 valence electrons. The quantitative estimate of drug-likeness (QED) is 0.550. The van der Waals surface area contributed by atoms with Crippen LogP contribution in [-0.4, -0.2) is 29.3 Å². The third-order valence-electron chi connectivity index (χ3n) is 3.69. The molecule has 1 atom stereocenters. The summed E-state index contributed by atoms with van der Waals surface area (Å²) in [5, 5.41) is 2.28. The number of urea groups is 1. The largest absolute Gasteiger partial charge is 0.330 e. The average molecular weight is 282 g/mol. The Hall–Kier alpha value is -1.39. The molecular formula is C15H26N2O3. The molecule has 0 bridgehead atoms. The predicted molar refractivity (Wildman–Crippen MR) is 77.0 cm³/mol. The first kappa shape index (κ1) is 16.7. The molecular weight excluding hydrogens is 256 g/mol. The first-order valence-electron chi connectivity index (χ1n) is 7.65. The molecule has 5 heteroatoms. The van der Waals surface area contributed by atoms with Gasteiger partial charge in [0.15, 0.2) is 0 Å². The normalized spacial score (nSPS) is 19.7. The molecule has 0 saturated carbocycles. The zero-order valence-electron chi connectivity index (χ0n) is 12.8. The summed E-state index contributed by atoms with van der Waals surface area (Å²) in [6.45, 7) is 6.22. The summed E-state index contributed by atoms with van der Waals surface area (Å²) >= 11 is 0. The van der Waals surface area contributed by atoms with Crippen LogP contribution in [0.3, 0.4) is 0 Å². The molecule has 1 aliphatic heterocycles. The van der Waals surface area contributed by atoms with Crippen molar-refractivity contribution in [2.24, 2.45) is 11.8 Å². The summed E-state index contributed by atoms with van der Waals surface area (Å²) in [6, 6.07) is -0.564. The molecule has 0 aliphatic carbocycles. The molecule has 1 N–H and O–H groups in total. The Bertz CT molecular complexity index is 366. The molecule has 4 amide bonds. The van der Waals surface area contributed by atoms with Gasteiger partial charge in [-0.3, -0.25) is 19.8 Å². The van der Waals surface area contributed by atoms with Gasteiger partial charge in [-0.1, -0.05) is 52.9 Å². The number of amides is 4. The SMILES string of the molecule is CCCCCCCCN1C(=O)NC(=O)C(C(C)C)C1=O. The lowest BCUT2D eigenvalue weighted by Gasteiger charge is -2.31. The molecule has 0 aromatic heterocycles. The van der Waals surface area contributed by atoms with Gasteiger partial charge in [0.2, 0.25) is 11.8 Å². The Kier molecular flexibility index (Phi) is 6.68. The summed E-state index contributed by atoms with van der Waals surface area (Å²) in [4.78, 5) is 36.8. The molecule has 1 fully saturated rings. The standard InChI is InChI=1S/C15H26N2O3/c1-4-5-6-7-8-9-10-17-14(19)12(11(2)3)13(18)16-15(17)20/h11-12H,4-10H2,1-3H3,(H,16,18,20). The fraction of sp³-hybridized carbons (Fsp3) is 0.800. The summed E-state index contributed by atoms with van der Waals surface area (Å²) in [5.41, 5.74) is 0. The molecule has 1 heterocycles. The summed E-state index contributed by atoms with van der Waals surface area (Å²) in [6.07, 6.45) is 6.57. The molecule has 0 aromatic carbocycles. The maximum Gasteiger partial charge on any atom is 0.330 e. The lowest BCUT2D eigenvalue weighted by atomic mass is 9.92. The van der Waals surface area contributed by atoms with Crippen molar-refractivity contribution in [3.63, 3.8) is 0 Å². The Labute approximate surface area is 121 Å². The Morgan fingerprint density at radius 3 is 2.25 bits per heavy atom. The maximum atomic E-state index is 12.2. The second kappa shape index (κ2) is 8.02. The van der Waals surface area contributed by atoms with Crippen molar-refractivity contribution in [2.75, 3.05) is 6.54 Å². The topological polar surface area (TPSA) is 66.5 Å². The van der Waals surface area contributed by atoms with Gasteiger partial charge in [-0.15, -0.1) is 0 Å². The van der Waals surface area contributed by atoms with Crippen LogP contribution in [0.5, 0.6) is 0 Å². The number of carbonyl (C=O) groups excluding carboxylic acids is 3. The molecule has 0 radical (unpaired) electrons. The monoisotopic (exact) mass is 282 g/mol. The van der Waals surface area contributed by atoms with Crippen LogP contribution in [0.15, 0.2) is 0 Å². The highest BCUT2D eigenvalue weighted by molar-refractivity contribution is 6.16. The second-order valence-electron chi connectivity index (χ2n) is 5.77. The van der Waals surface area contributed by atoms with Gasteiger partial charge in [-0.25, -0.2) is 4.79 Å². The van der Waals surface area contributed by atoms with Crippen LogP contribution < -0.4 is 5.32 Å². The summed E-state index contributed by atoms with van der Waals surface area (Å²) in [5.74, 6) is -1.63. The Morgan fingerprint density at radius 1 is 1.05 bits per heavy atom. The average Bonchev–Trinajstić information content (AvgIpc) is 2.35. The molecule has 5 nitrogen and oxygen atoms in total. The van der Waals surface area contributed by atoms with Crippen LogP contribution in [0.25, 0.3) is 0 Å². The van der Waals surface area contributed by atoms with E-state index in [9.17, 15) is 14.4 Å². The van der Waals surface area contributed by atoms with Crippen molar-refractivity contribution in [3.8, 4) is 0 Å². The van der Waals surface area contributed by atoms with Gasteiger partial charge in [0.1, 0.15) is 5.92 Å². The minimum Gasteiger partial charge on any atom is -0.277 e. The van der Waals surface area contributed by atoms with Crippen molar-refractivity contribution in [1.29, 1.82) is 0 Å². The lowest BCUT2D eigenvalue weighted by molar-refractivity contribution is -0.144. The van der Waals surface area contributed by atoms with E-state index >= 15 is 0 Å². The number of nitrogens with one attached hydrogen (secondary N) is 1. The minimum absolute atomic E-state index is 0.0948. The maximum absolute atomic E-state index is 12.2. The van der Waals surface area contributed by atoms with Crippen LogP contribution in [0, 0.1) is 11.8 Å². The minimum atomic E-state index is -0.729. The predicted octanol–water partition coefficient (Wildman–Crippen LogP) is 2.70. The van der Waals surface area contributed by atoms with Gasteiger partial charge in [0.05, 0.1) is 0 Å². The fourth-order valence-corrected chi connectivity index (χ4v) is 2.48.